The molecule has 0 aromatic heterocycles. The zero-order valence-electron chi connectivity index (χ0n) is 18.1. The predicted molar refractivity (Wildman–Crippen MR) is 121 cm³/mol. The lowest BCUT2D eigenvalue weighted by Crippen LogP contribution is -2.44. The number of nitrogens with zero attached hydrogens (tertiary/aromatic N) is 1. The summed E-state index contributed by atoms with van der Waals surface area (Å²) in [6.45, 7) is 0.904. The van der Waals surface area contributed by atoms with Crippen molar-refractivity contribution in [2.24, 2.45) is 5.92 Å². The SMILES string of the molecule is COc1cccc(/C=C2\CCCCC(CN(C)C)C2(O)CCc2ccccc2)c1. The van der Waals surface area contributed by atoms with Crippen molar-refractivity contribution in [1.82, 2.24) is 4.90 Å². The van der Waals surface area contributed by atoms with Crippen molar-refractivity contribution in [3.8, 4) is 5.75 Å². The molecule has 2 aromatic carbocycles. The topological polar surface area (TPSA) is 32.7 Å². The minimum atomic E-state index is -0.792. The first-order chi connectivity index (χ1) is 14.0. The summed E-state index contributed by atoms with van der Waals surface area (Å²) in [6, 6.07) is 18.7. The highest BCUT2D eigenvalue weighted by Crippen LogP contribution is 2.41. The third-order valence-corrected chi connectivity index (χ3v) is 6.14. The first-order valence-electron chi connectivity index (χ1n) is 10.8. The summed E-state index contributed by atoms with van der Waals surface area (Å²) in [4.78, 5) is 2.21. The van der Waals surface area contributed by atoms with E-state index in [9.17, 15) is 5.11 Å². The van der Waals surface area contributed by atoms with E-state index in [0.717, 1.165) is 50.0 Å². The summed E-state index contributed by atoms with van der Waals surface area (Å²) in [5.41, 5.74) is 2.77. The molecular weight excluding hydrogens is 358 g/mol. The average Bonchev–Trinajstić information content (AvgIpc) is 2.87. The lowest BCUT2D eigenvalue weighted by atomic mass is 9.75. The predicted octanol–water partition coefficient (Wildman–Crippen LogP) is 5.19. The molecule has 1 N–H and O–H groups in total. The Balaban J connectivity index is 1.95. The van der Waals surface area contributed by atoms with Gasteiger partial charge in [0.15, 0.2) is 0 Å². The highest BCUT2D eigenvalue weighted by atomic mass is 16.5. The number of aliphatic hydroxyl groups is 1. The second-order valence-corrected chi connectivity index (χ2v) is 8.56. The molecule has 0 spiro atoms. The van der Waals surface area contributed by atoms with E-state index in [1.165, 1.54) is 17.6 Å². The lowest BCUT2D eigenvalue weighted by molar-refractivity contribution is -0.00218. The Kier molecular flexibility index (Phi) is 7.51. The van der Waals surface area contributed by atoms with Crippen LogP contribution in [0.1, 0.15) is 43.2 Å². The Hall–Kier alpha value is -2.10. The molecule has 2 unspecified atom stereocenters. The molecule has 29 heavy (non-hydrogen) atoms. The largest absolute Gasteiger partial charge is 0.497 e. The number of hydrogen-bond acceptors (Lipinski definition) is 3. The van der Waals surface area contributed by atoms with Crippen molar-refractivity contribution in [2.75, 3.05) is 27.7 Å². The molecule has 0 bridgehead atoms. The summed E-state index contributed by atoms with van der Waals surface area (Å²) in [5, 5.41) is 12.1. The Morgan fingerprint density at radius 2 is 1.90 bits per heavy atom. The fourth-order valence-corrected chi connectivity index (χ4v) is 4.58. The van der Waals surface area contributed by atoms with Gasteiger partial charge in [0.05, 0.1) is 12.7 Å². The van der Waals surface area contributed by atoms with Gasteiger partial charge in [-0.25, -0.2) is 0 Å². The molecule has 1 saturated carbocycles. The molecule has 1 aliphatic rings. The maximum Gasteiger partial charge on any atom is 0.119 e. The summed E-state index contributed by atoms with van der Waals surface area (Å²) in [5.74, 6) is 1.09. The molecule has 3 rings (SSSR count). The molecule has 0 radical (unpaired) electrons. The molecule has 0 aliphatic heterocycles. The van der Waals surface area contributed by atoms with Crippen LogP contribution < -0.4 is 4.74 Å². The highest BCUT2D eigenvalue weighted by molar-refractivity contribution is 5.57. The van der Waals surface area contributed by atoms with E-state index in [-0.39, 0.29) is 5.92 Å². The summed E-state index contributed by atoms with van der Waals surface area (Å²) in [7, 11) is 5.91. The minimum absolute atomic E-state index is 0.237. The fourth-order valence-electron chi connectivity index (χ4n) is 4.58. The molecule has 1 fully saturated rings. The Morgan fingerprint density at radius 1 is 1.10 bits per heavy atom. The van der Waals surface area contributed by atoms with E-state index >= 15 is 0 Å². The monoisotopic (exact) mass is 393 g/mol. The van der Waals surface area contributed by atoms with Crippen LogP contribution in [-0.4, -0.2) is 43.4 Å². The highest BCUT2D eigenvalue weighted by Gasteiger charge is 2.40. The van der Waals surface area contributed by atoms with E-state index in [0.29, 0.717) is 0 Å². The third kappa shape index (κ3) is 5.71. The first-order valence-corrected chi connectivity index (χ1v) is 10.8. The molecule has 2 atom stereocenters. The van der Waals surface area contributed by atoms with Crippen LogP contribution in [0.25, 0.3) is 6.08 Å². The Bertz CT molecular complexity index is 799. The van der Waals surface area contributed by atoms with Crippen LogP contribution >= 0.6 is 0 Å². The normalized spacial score (nSPS) is 23.9. The molecule has 3 heteroatoms. The number of rotatable bonds is 7. The summed E-state index contributed by atoms with van der Waals surface area (Å²) >= 11 is 0. The van der Waals surface area contributed by atoms with Gasteiger partial charge in [0.2, 0.25) is 0 Å². The van der Waals surface area contributed by atoms with Crippen molar-refractivity contribution >= 4 is 6.08 Å². The van der Waals surface area contributed by atoms with Crippen LogP contribution in [0.15, 0.2) is 60.2 Å². The van der Waals surface area contributed by atoms with Crippen molar-refractivity contribution < 1.29 is 9.84 Å². The van der Waals surface area contributed by atoms with E-state index in [4.69, 9.17) is 4.74 Å². The molecule has 0 amide bonds. The fraction of sp³-hybridized carbons (Fsp3) is 0.462. The second-order valence-electron chi connectivity index (χ2n) is 8.56. The van der Waals surface area contributed by atoms with Crippen LogP contribution in [0.4, 0.5) is 0 Å². The number of methoxy groups -OCH3 is 1. The molecule has 2 aromatic rings. The quantitative estimate of drug-likeness (QED) is 0.657. The maximum atomic E-state index is 12.1. The van der Waals surface area contributed by atoms with Crippen LogP contribution in [0, 0.1) is 5.92 Å². The number of ether oxygens (including phenoxy) is 1. The second kappa shape index (κ2) is 10.1. The number of benzene rings is 2. The van der Waals surface area contributed by atoms with Crippen LogP contribution in [0.3, 0.4) is 0 Å². The molecule has 0 saturated heterocycles. The third-order valence-electron chi connectivity index (χ3n) is 6.14. The van der Waals surface area contributed by atoms with Gasteiger partial charge in [0.25, 0.3) is 0 Å². The van der Waals surface area contributed by atoms with Crippen molar-refractivity contribution in [1.29, 1.82) is 0 Å². The molecule has 156 valence electrons. The molecule has 1 aliphatic carbocycles. The molecule has 3 nitrogen and oxygen atoms in total. The molecule has 0 heterocycles. The zero-order chi connectivity index (χ0) is 20.7. The first kappa shape index (κ1) is 21.6. The lowest BCUT2D eigenvalue weighted by Gasteiger charge is -2.39. The van der Waals surface area contributed by atoms with Gasteiger partial charge >= 0.3 is 0 Å². The van der Waals surface area contributed by atoms with Gasteiger partial charge in [-0.1, -0.05) is 55.0 Å². The van der Waals surface area contributed by atoms with Gasteiger partial charge in [0, 0.05) is 12.5 Å². The van der Waals surface area contributed by atoms with Gasteiger partial charge in [0.1, 0.15) is 5.75 Å². The zero-order valence-corrected chi connectivity index (χ0v) is 18.1. The summed E-state index contributed by atoms with van der Waals surface area (Å²) < 4.78 is 5.40. The van der Waals surface area contributed by atoms with Gasteiger partial charge in [-0.3, -0.25) is 0 Å². The maximum absolute atomic E-state index is 12.1. The van der Waals surface area contributed by atoms with E-state index < -0.39 is 5.60 Å². The van der Waals surface area contributed by atoms with Crippen molar-refractivity contribution in [2.45, 2.75) is 44.1 Å². The van der Waals surface area contributed by atoms with Crippen LogP contribution in [0.5, 0.6) is 5.75 Å². The van der Waals surface area contributed by atoms with Crippen LogP contribution in [0.2, 0.25) is 0 Å². The van der Waals surface area contributed by atoms with Gasteiger partial charge < -0.3 is 14.7 Å². The van der Waals surface area contributed by atoms with E-state index in [2.05, 4.69) is 61.5 Å². The number of hydrogen-bond donors (Lipinski definition) is 1. The van der Waals surface area contributed by atoms with Gasteiger partial charge in [-0.2, -0.15) is 0 Å². The van der Waals surface area contributed by atoms with Crippen molar-refractivity contribution in [3.63, 3.8) is 0 Å². The van der Waals surface area contributed by atoms with E-state index in [1.54, 1.807) is 7.11 Å². The minimum Gasteiger partial charge on any atom is -0.497 e. The molecular formula is C26H35NO2. The van der Waals surface area contributed by atoms with Gasteiger partial charge in [-0.15, -0.1) is 0 Å². The number of aryl methyl sites for hydroxylation is 1. The average molecular weight is 394 g/mol. The smallest absolute Gasteiger partial charge is 0.119 e. The van der Waals surface area contributed by atoms with Gasteiger partial charge in [-0.05, 0) is 75.0 Å². The Morgan fingerprint density at radius 3 is 2.62 bits per heavy atom. The van der Waals surface area contributed by atoms with Crippen molar-refractivity contribution in [3.05, 3.63) is 71.3 Å². The van der Waals surface area contributed by atoms with Crippen LogP contribution in [-0.2, 0) is 6.42 Å². The Labute approximate surface area is 176 Å². The van der Waals surface area contributed by atoms with E-state index in [1.807, 2.05) is 18.2 Å². The summed E-state index contributed by atoms with van der Waals surface area (Å²) in [6.07, 6.45) is 8.17. The standard InChI is InChI=1S/C26H35NO2/c1-27(2)20-24-14-8-7-13-23(18-22-12-9-15-25(19-22)29-3)26(24,28)17-16-21-10-5-4-6-11-21/h4-6,9-12,15,18-19,24,28H,7-8,13-14,16-17,20H2,1-3H3/b23-18+.